The van der Waals surface area contributed by atoms with Crippen molar-refractivity contribution >= 4 is 22.7 Å². The molecule has 0 aliphatic carbocycles. The Morgan fingerprint density at radius 2 is 0.833 bits per heavy atom. The van der Waals surface area contributed by atoms with Crippen LogP contribution in [0.5, 0.6) is 0 Å². The van der Waals surface area contributed by atoms with Crippen LogP contribution in [0.15, 0.2) is 60.7 Å². The number of hydrogen-bond acceptors (Lipinski definition) is 3. The van der Waals surface area contributed by atoms with Gasteiger partial charge >= 0.3 is 0 Å². The molecule has 0 aliphatic rings. The number of rotatable bonds is 2. The summed E-state index contributed by atoms with van der Waals surface area (Å²) in [7, 11) is 13.0. The van der Waals surface area contributed by atoms with Gasteiger partial charge in [0, 0.05) is 0 Å². The van der Waals surface area contributed by atoms with Crippen LogP contribution in [0, 0.1) is 0 Å². The maximum atomic E-state index is 8.44. The molecule has 0 aromatic heterocycles. The van der Waals surface area contributed by atoms with Gasteiger partial charge in [0.15, 0.2) is 0 Å². The van der Waals surface area contributed by atoms with Crippen molar-refractivity contribution in [2.75, 3.05) is 42.3 Å². The molecule has 0 fully saturated rings. The minimum atomic E-state index is -3.11. The molecule has 0 saturated heterocycles. The maximum absolute atomic E-state index is 8.44. The Kier molecular flexibility index (Phi) is 9.65. The van der Waals surface area contributed by atoms with Crippen molar-refractivity contribution in [2.45, 2.75) is 0 Å². The fourth-order valence-electron chi connectivity index (χ4n) is 1.75. The third-order valence-corrected chi connectivity index (χ3v) is 3.06. The summed E-state index contributed by atoms with van der Waals surface area (Å²) in [5.41, 5.74) is 2.67. The summed E-state index contributed by atoms with van der Waals surface area (Å²) >= 11 is -3.11. The molecular weight excluding hydrogens is 324 g/mol. The van der Waals surface area contributed by atoms with Crippen LogP contribution >= 0.6 is 0 Å². The number of quaternary nitrogens is 2. The first kappa shape index (κ1) is 22.4. The van der Waals surface area contributed by atoms with Crippen LogP contribution in [0.1, 0.15) is 0 Å². The van der Waals surface area contributed by atoms with E-state index >= 15 is 0 Å². The molecule has 2 aromatic carbocycles. The van der Waals surface area contributed by atoms with Crippen molar-refractivity contribution < 1.29 is 13.3 Å². The molecule has 5 nitrogen and oxygen atoms in total. The Morgan fingerprint density at radius 1 is 0.625 bits per heavy atom. The molecule has 2 aromatic rings. The Bertz CT molecular complexity index is 538. The van der Waals surface area contributed by atoms with E-state index < -0.39 is 11.4 Å². The topological polar surface area (TPSA) is 63.2 Å². The van der Waals surface area contributed by atoms with Gasteiger partial charge in [0.05, 0.1) is 42.3 Å². The predicted molar refractivity (Wildman–Crippen MR) is 102 cm³/mol. The molecule has 0 amide bonds. The Hall–Kier alpha value is -1.57. The van der Waals surface area contributed by atoms with Crippen molar-refractivity contribution in [3.05, 3.63) is 60.7 Å². The van der Waals surface area contributed by atoms with E-state index in [9.17, 15) is 0 Å². The van der Waals surface area contributed by atoms with Crippen LogP contribution < -0.4 is 8.97 Å². The SMILES string of the molecule is C[N+](C)(C)c1ccccc1.C[N+](C)(C)c1ccccc1.O=S([O-])[O-]. The zero-order chi connectivity index (χ0) is 18.8. The lowest BCUT2D eigenvalue weighted by atomic mass is 10.3. The van der Waals surface area contributed by atoms with Gasteiger partial charge in [-0.25, -0.2) is 0 Å². The zero-order valence-electron chi connectivity index (χ0n) is 15.3. The third kappa shape index (κ3) is 11.0. The predicted octanol–water partition coefficient (Wildman–Crippen LogP) is 2.76. The van der Waals surface area contributed by atoms with Crippen LogP contribution in [0.4, 0.5) is 11.4 Å². The molecule has 0 heterocycles. The zero-order valence-corrected chi connectivity index (χ0v) is 16.1. The highest BCUT2D eigenvalue weighted by atomic mass is 32.2. The van der Waals surface area contributed by atoms with Gasteiger partial charge in [-0.15, -0.1) is 11.4 Å². The van der Waals surface area contributed by atoms with Gasteiger partial charge in [0.25, 0.3) is 0 Å². The van der Waals surface area contributed by atoms with Crippen molar-refractivity contribution in [1.29, 1.82) is 0 Å². The number of nitrogens with zero attached hydrogens (tertiary/aromatic N) is 2. The smallest absolute Gasteiger partial charge is 0.132 e. The van der Waals surface area contributed by atoms with E-state index in [2.05, 4.69) is 90.8 Å². The van der Waals surface area contributed by atoms with Crippen molar-refractivity contribution in [3.63, 3.8) is 0 Å². The highest BCUT2D eigenvalue weighted by molar-refractivity contribution is 7.72. The fraction of sp³-hybridized carbons (Fsp3) is 0.333. The van der Waals surface area contributed by atoms with Crippen LogP contribution in [0.25, 0.3) is 0 Å². The van der Waals surface area contributed by atoms with Gasteiger partial charge in [-0.2, -0.15) is 0 Å². The van der Waals surface area contributed by atoms with E-state index in [1.54, 1.807) is 0 Å². The monoisotopic (exact) mass is 352 g/mol. The third-order valence-electron chi connectivity index (χ3n) is 3.06. The standard InChI is InChI=1S/2C9H14N.H2O3S/c2*1-10(2,3)9-7-5-4-6-8-9;1-4(2)3/h2*4-8H,1-3H3;(H2,1,2,3)/q2*+1;/p-2. The van der Waals surface area contributed by atoms with Gasteiger partial charge in [0.2, 0.25) is 0 Å². The average Bonchev–Trinajstić information content (AvgIpc) is 2.47. The Labute approximate surface area is 148 Å². The Morgan fingerprint density at radius 3 is 0.958 bits per heavy atom. The molecule has 2 rings (SSSR count). The van der Waals surface area contributed by atoms with E-state index in [1.807, 2.05) is 12.1 Å². The van der Waals surface area contributed by atoms with Gasteiger partial charge < -0.3 is 9.11 Å². The van der Waals surface area contributed by atoms with E-state index in [1.165, 1.54) is 11.4 Å². The number of benzene rings is 2. The second kappa shape index (κ2) is 10.3. The minimum absolute atomic E-state index is 0.890. The normalized spacial score (nSPS) is 11.0. The van der Waals surface area contributed by atoms with Gasteiger partial charge in [-0.1, -0.05) is 36.4 Å². The largest absolute Gasteiger partial charge is 0.784 e. The maximum Gasteiger partial charge on any atom is 0.132 e. The molecular formula is C18H28N2O3S. The first-order chi connectivity index (χ1) is 10.9. The Balaban J connectivity index is 0.000000363. The highest BCUT2D eigenvalue weighted by Crippen LogP contribution is 2.14. The molecule has 0 radical (unpaired) electrons. The average molecular weight is 353 g/mol. The molecule has 0 N–H and O–H groups in total. The van der Waals surface area contributed by atoms with Crippen molar-refractivity contribution in [3.8, 4) is 0 Å². The van der Waals surface area contributed by atoms with Crippen LogP contribution in [-0.2, 0) is 11.4 Å². The van der Waals surface area contributed by atoms with Crippen molar-refractivity contribution in [2.24, 2.45) is 0 Å². The lowest BCUT2D eigenvalue weighted by Crippen LogP contribution is -2.34. The van der Waals surface area contributed by atoms with Gasteiger partial charge in [-0.05, 0) is 24.3 Å². The van der Waals surface area contributed by atoms with Gasteiger partial charge in [0.1, 0.15) is 11.4 Å². The van der Waals surface area contributed by atoms with Crippen LogP contribution in [0.3, 0.4) is 0 Å². The second-order valence-corrected chi connectivity index (χ2v) is 7.31. The number of para-hydroxylation sites is 2. The molecule has 0 aliphatic heterocycles. The summed E-state index contributed by atoms with van der Waals surface area (Å²) in [4.78, 5) is 0. The minimum Gasteiger partial charge on any atom is -0.784 e. The summed E-state index contributed by atoms with van der Waals surface area (Å²) in [5.74, 6) is 0. The van der Waals surface area contributed by atoms with Crippen LogP contribution in [-0.4, -0.2) is 55.6 Å². The molecule has 0 spiro atoms. The quantitative estimate of drug-likeness (QED) is 0.617. The molecule has 0 atom stereocenters. The molecule has 0 unspecified atom stereocenters. The number of hydrogen-bond donors (Lipinski definition) is 0. The summed E-state index contributed by atoms with van der Waals surface area (Å²) in [6.45, 7) is 0. The first-order valence-corrected chi connectivity index (χ1v) is 8.45. The van der Waals surface area contributed by atoms with E-state index in [4.69, 9.17) is 13.3 Å². The first-order valence-electron chi connectivity index (χ1n) is 7.45. The summed E-state index contributed by atoms with van der Waals surface area (Å²) in [6, 6.07) is 20.9. The second-order valence-electron chi connectivity index (χ2n) is 6.90. The lowest BCUT2D eigenvalue weighted by molar-refractivity contribution is 0.419. The van der Waals surface area contributed by atoms with Gasteiger partial charge in [-0.3, -0.25) is 13.2 Å². The fourth-order valence-corrected chi connectivity index (χ4v) is 1.75. The molecule has 134 valence electrons. The molecule has 6 heteroatoms. The van der Waals surface area contributed by atoms with E-state index in [0.717, 1.165) is 8.97 Å². The molecule has 0 bridgehead atoms. The molecule has 0 saturated carbocycles. The summed E-state index contributed by atoms with van der Waals surface area (Å²) in [6.07, 6.45) is 0. The molecule has 24 heavy (non-hydrogen) atoms. The van der Waals surface area contributed by atoms with Crippen LogP contribution in [0.2, 0.25) is 0 Å². The summed E-state index contributed by atoms with van der Waals surface area (Å²) < 4.78 is 27.1. The summed E-state index contributed by atoms with van der Waals surface area (Å²) in [5, 5.41) is 0. The van der Waals surface area contributed by atoms with E-state index in [-0.39, 0.29) is 0 Å². The van der Waals surface area contributed by atoms with E-state index in [0.29, 0.717) is 0 Å². The lowest BCUT2D eigenvalue weighted by Gasteiger charge is -2.22. The van der Waals surface area contributed by atoms with Crippen molar-refractivity contribution in [1.82, 2.24) is 8.97 Å². The highest BCUT2D eigenvalue weighted by Gasteiger charge is 2.09.